The molecule has 170 valence electrons. The van der Waals surface area contributed by atoms with Gasteiger partial charge in [0.1, 0.15) is 0 Å². The third kappa shape index (κ3) is 5.57. The summed E-state index contributed by atoms with van der Waals surface area (Å²) in [6, 6.07) is 24.7. The first kappa shape index (κ1) is 22.9. The van der Waals surface area contributed by atoms with E-state index in [-0.39, 0.29) is 22.7 Å². The normalized spacial score (nSPS) is 11.4. The molecule has 0 bridgehead atoms. The minimum Gasteiger partial charge on any atom is -0.325 e. The second-order valence-corrected chi connectivity index (χ2v) is 8.62. The molecule has 0 saturated carbocycles. The molecule has 4 aromatic rings. The molecule has 2 amide bonds. The van der Waals surface area contributed by atoms with Gasteiger partial charge in [0, 0.05) is 16.8 Å². The van der Waals surface area contributed by atoms with Crippen molar-refractivity contribution in [3.8, 4) is 11.3 Å². The molecule has 3 N–H and O–H groups in total. The van der Waals surface area contributed by atoms with Gasteiger partial charge in [-0.3, -0.25) is 19.4 Å². The van der Waals surface area contributed by atoms with Gasteiger partial charge in [0.05, 0.1) is 10.9 Å². The molecule has 0 unspecified atom stereocenters. The monoisotopic (exact) mass is 471 g/mol. The number of hydrogen-bond donors (Lipinski definition) is 3. The molecule has 8 nitrogen and oxygen atoms in total. The fourth-order valence-corrected chi connectivity index (χ4v) is 3.86. The molecule has 0 spiro atoms. The second kappa shape index (κ2) is 10.6. The van der Waals surface area contributed by atoms with Crippen LogP contribution < -0.4 is 16.2 Å². The van der Waals surface area contributed by atoms with Gasteiger partial charge in [0.25, 0.3) is 11.5 Å². The molecule has 0 saturated heterocycles. The number of nitrogens with zero attached hydrogens (tertiary/aromatic N) is 2. The summed E-state index contributed by atoms with van der Waals surface area (Å²) in [5.41, 5.74) is 1.64. The van der Waals surface area contributed by atoms with Gasteiger partial charge < -0.3 is 10.6 Å². The van der Waals surface area contributed by atoms with E-state index in [2.05, 4.69) is 25.8 Å². The molecule has 0 aliphatic rings. The van der Waals surface area contributed by atoms with Crippen molar-refractivity contribution in [2.24, 2.45) is 0 Å². The van der Waals surface area contributed by atoms with Crippen LogP contribution in [0.15, 0.2) is 94.9 Å². The van der Waals surface area contributed by atoms with Crippen molar-refractivity contribution in [2.75, 3.05) is 10.6 Å². The molecule has 1 atom stereocenters. The van der Waals surface area contributed by atoms with Crippen molar-refractivity contribution in [1.82, 2.24) is 15.2 Å². The van der Waals surface area contributed by atoms with Crippen LogP contribution in [-0.2, 0) is 4.79 Å². The van der Waals surface area contributed by atoms with Crippen LogP contribution in [0.4, 0.5) is 11.4 Å². The molecule has 9 heteroatoms. The van der Waals surface area contributed by atoms with E-state index in [4.69, 9.17) is 0 Å². The van der Waals surface area contributed by atoms with Gasteiger partial charge in [-0.1, -0.05) is 66.4 Å². The molecule has 34 heavy (non-hydrogen) atoms. The summed E-state index contributed by atoms with van der Waals surface area (Å²) >= 11 is 1.09. The summed E-state index contributed by atoms with van der Waals surface area (Å²) in [5, 5.41) is 13.5. The van der Waals surface area contributed by atoms with Crippen LogP contribution in [0.1, 0.15) is 17.3 Å². The Morgan fingerprint density at radius 2 is 1.50 bits per heavy atom. The number of aromatic amines is 1. The zero-order valence-corrected chi connectivity index (χ0v) is 19.0. The number of carbonyl (C=O) groups excluding carboxylic acids is 2. The van der Waals surface area contributed by atoms with Crippen molar-refractivity contribution in [1.29, 1.82) is 0 Å². The maximum absolute atomic E-state index is 12.8. The highest BCUT2D eigenvalue weighted by molar-refractivity contribution is 8.00. The average Bonchev–Trinajstić information content (AvgIpc) is 2.86. The summed E-state index contributed by atoms with van der Waals surface area (Å²) < 4.78 is 0. The van der Waals surface area contributed by atoms with E-state index in [9.17, 15) is 14.4 Å². The quantitative estimate of drug-likeness (QED) is 0.348. The molecular weight excluding hydrogens is 450 g/mol. The van der Waals surface area contributed by atoms with Crippen LogP contribution in [0.3, 0.4) is 0 Å². The first-order chi connectivity index (χ1) is 16.5. The molecule has 3 aromatic carbocycles. The zero-order chi connectivity index (χ0) is 23.9. The summed E-state index contributed by atoms with van der Waals surface area (Å²) in [7, 11) is 0. The Kier molecular flexibility index (Phi) is 7.14. The molecular formula is C25H21N5O3S. The molecule has 1 aromatic heterocycles. The maximum Gasteiger partial charge on any atom is 0.278 e. The third-order valence-electron chi connectivity index (χ3n) is 4.84. The summed E-state index contributed by atoms with van der Waals surface area (Å²) in [6.45, 7) is 1.71. The van der Waals surface area contributed by atoms with Crippen molar-refractivity contribution >= 4 is 35.0 Å². The average molecular weight is 472 g/mol. The maximum atomic E-state index is 12.8. The van der Waals surface area contributed by atoms with Gasteiger partial charge in [-0.2, -0.15) is 0 Å². The highest BCUT2D eigenvalue weighted by Gasteiger charge is 2.18. The van der Waals surface area contributed by atoms with Gasteiger partial charge in [0.2, 0.25) is 5.91 Å². The third-order valence-corrected chi connectivity index (χ3v) is 5.82. The number of H-pyrrole nitrogens is 1. The number of carbonyl (C=O) groups is 2. The summed E-state index contributed by atoms with van der Waals surface area (Å²) in [6.07, 6.45) is 0. The fourth-order valence-electron chi connectivity index (χ4n) is 3.12. The molecule has 0 radical (unpaired) electrons. The Balaban J connectivity index is 1.50. The topological polar surface area (TPSA) is 117 Å². The Bertz CT molecular complexity index is 1360. The van der Waals surface area contributed by atoms with E-state index in [1.54, 1.807) is 67.6 Å². The minimum atomic E-state index is -0.520. The fraction of sp³-hybridized carbons (Fsp3) is 0.0800. The predicted molar refractivity (Wildman–Crippen MR) is 133 cm³/mol. The molecule has 1 heterocycles. The van der Waals surface area contributed by atoms with E-state index in [0.29, 0.717) is 22.5 Å². The van der Waals surface area contributed by atoms with Crippen LogP contribution in [-0.4, -0.2) is 32.2 Å². The largest absolute Gasteiger partial charge is 0.325 e. The second-order valence-electron chi connectivity index (χ2n) is 7.29. The Morgan fingerprint density at radius 1 is 0.853 bits per heavy atom. The number of hydrogen-bond acceptors (Lipinski definition) is 6. The van der Waals surface area contributed by atoms with E-state index < -0.39 is 10.8 Å². The number of anilines is 2. The number of aromatic nitrogens is 3. The van der Waals surface area contributed by atoms with Crippen LogP contribution in [0.25, 0.3) is 11.3 Å². The standard InChI is InChI=1S/C25H21N5O3S/c1-16(22(31)26-18-12-6-3-7-13-18)34-25-28-24(33)21(29-30-25)19-14-8-9-15-20(19)27-23(32)17-10-4-2-5-11-17/h2-16H,1H3,(H,26,31)(H,27,32)(H,28,30,33)/t16-/m0/s1. The Labute approximate surface area is 199 Å². The lowest BCUT2D eigenvalue weighted by Gasteiger charge is -2.12. The van der Waals surface area contributed by atoms with Gasteiger partial charge in [-0.25, -0.2) is 0 Å². The van der Waals surface area contributed by atoms with Gasteiger partial charge in [-0.05, 0) is 37.3 Å². The molecule has 0 aliphatic heterocycles. The van der Waals surface area contributed by atoms with Gasteiger partial charge in [-0.15, -0.1) is 10.2 Å². The highest BCUT2D eigenvalue weighted by atomic mass is 32.2. The first-order valence-corrected chi connectivity index (χ1v) is 11.3. The number of rotatable bonds is 7. The number of amides is 2. The number of thioether (sulfide) groups is 1. The molecule has 0 aliphatic carbocycles. The van der Waals surface area contributed by atoms with Crippen molar-refractivity contribution in [3.63, 3.8) is 0 Å². The lowest BCUT2D eigenvalue weighted by atomic mass is 10.1. The SMILES string of the molecule is C[C@H](Sc1nnc(-c2ccccc2NC(=O)c2ccccc2)c(=O)[nH]1)C(=O)Nc1ccccc1. The summed E-state index contributed by atoms with van der Waals surface area (Å²) in [5.74, 6) is -0.528. The molecule has 0 fully saturated rings. The van der Waals surface area contributed by atoms with Gasteiger partial charge in [0.15, 0.2) is 10.9 Å². The summed E-state index contributed by atoms with van der Waals surface area (Å²) in [4.78, 5) is 40.5. The van der Waals surface area contributed by atoms with Crippen LogP contribution in [0.2, 0.25) is 0 Å². The molecule has 4 rings (SSSR count). The number of benzene rings is 3. The van der Waals surface area contributed by atoms with Crippen molar-refractivity contribution in [3.05, 3.63) is 101 Å². The van der Waals surface area contributed by atoms with Crippen LogP contribution >= 0.6 is 11.8 Å². The Morgan fingerprint density at radius 3 is 2.21 bits per heavy atom. The van der Waals surface area contributed by atoms with E-state index in [1.807, 2.05) is 24.3 Å². The van der Waals surface area contributed by atoms with Crippen molar-refractivity contribution in [2.45, 2.75) is 17.3 Å². The predicted octanol–water partition coefficient (Wildman–Crippen LogP) is 4.20. The highest BCUT2D eigenvalue weighted by Crippen LogP contribution is 2.25. The van der Waals surface area contributed by atoms with Crippen LogP contribution in [0.5, 0.6) is 0 Å². The van der Waals surface area contributed by atoms with Gasteiger partial charge >= 0.3 is 0 Å². The number of nitrogens with one attached hydrogen (secondary N) is 3. The van der Waals surface area contributed by atoms with E-state index in [0.717, 1.165) is 11.8 Å². The van der Waals surface area contributed by atoms with Crippen LogP contribution in [0, 0.1) is 0 Å². The smallest absolute Gasteiger partial charge is 0.278 e. The van der Waals surface area contributed by atoms with E-state index >= 15 is 0 Å². The Hall–Kier alpha value is -4.24. The first-order valence-electron chi connectivity index (χ1n) is 10.5. The zero-order valence-electron chi connectivity index (χ0n) is 18.2. The lowest BCUT2D eigenvalue weighted by molar-refractivity contribution is -0.115. The minimum absolute atomic E-state index is 0.0645. The van der Waals surface area contributed by atoms with Crippen molar-refractivity contribution < 1.29 is 9.59 Å². The number of para-hydroxylation sites is 2. The van der Waals surface area contributed by atoms with E-state index in [1.165, 1.54) is 0 Å². The lowest BCUT2D eigenvalue weighted by Crippen LogP contribution is -2.23.